The third kappa shape index (κ3) is 4.54. The summed E-state index contributed by atoms with van der Waals surface area (Å²) in [4.78, 5) is 33.3. The number of hydrogen-bond donors (Lipinski definition) is 2. The van der Waals surface area contributed by atoms with Crippen molar-refractivity contribution in [1.29, 1.82) is 0 Å². The van der Waals surface area contributed by atoms with Crippen molar-refractivity contribution in [3.05, 3.63) is 69.1 Å². The highest BCUT2D eigenvalue weighted by atomic mass is 32.1. The van der Waals surface area contributed by atoms with Gasteiger partial charge in [0.1, 0.15) is 10.8 Å². The smallest absolute Gasteiger partial charge is 0.253 e. The SMILES string of the molecule is Cc1csc(CNC(=O)c2ccc(-c3cc(C(=O)NC4CC4)cc(F)c3C)nc2)n1. The Morgan fingerprint density at radius 2 is 1.97 bits per heavy atom. The normalized spacial score (nSPS) is 13.2. The van der Waals surface area contributed by atoms with Gasteiger partial charge < -0.3 is 10.6 Å². The summed E-state index contributed by atoms with van der Waals surface area (Å²) < 4.78 is 14.4. The Labute approximate surface area is 177 Å². The number of benzene rings is 1. The molecule has 6 nitrogen and oxygen atoms in total. The lowest BCUT2D eigenvalue weighted by molar-refractivity contribution is 0.0942. The average molecular weight is 425 g/mol. The van der Waals surface area contributed by atoms with E-state index in [4.69, 9.17) is 0 Å². The van der Waals surface area contributed by atoms with Gasteiger partial charge in [0.25, 0.3) is 11.8 Å². The largest absolute Gasteiger partial charge is 0.349 e. The summed E-state index contributed by atoms with van der Waals surface area (Å²) in [7, 11) is 0. The molecule has 1 fully saturated rings. The standard InChI is InChI=1S/C22H21FN4O2S/c1-12-11-30-20(26-12)10-25-21(28)14-3-6-19(24-9-14)17-7-15(8-18(23)13(17)2)22(29)27-16-4-5-16/h3,6-9,11,16H,4-5,10H2,1-2H3,(H,25,28)(H,27,29). The van der Waals surface area contributed by atoms with E-state index >= 15 is 0 Å². The topological polar surface area (TPSA) is 84.0 Å². The van der Waals surface area contributed by atoms with Crippen LogP contribution in [0, 0.1) is 19.7 Å². The highest BCUT2D eigenvalue weighted by Crippen LogP contribution is 2.26. The zero-order valence-corrected chi connectivity index (χ0v) is 17.5. The zero-order chi connectivity index (χ0) is 21.3. The van der Waals surface area contributed by atoms with Gasteiger partial charge >= 0.3 is 0 Å². The molecule has 0 unspecified atom stereocenters. The van der Waals surface area contributed by atoms with Crippen LogP contribution in [0.2, 0.25) is 0 Å². The predicted octanol–water partition coefficient (Wildman–Crippen LogP) is 3.78. The van der Waals surface area contributed by atoms with Gasteiger partial charge in [-0.15, -0.1) is 11.3 Å². The molecule has 0 atom stereocenters. The lowest BCUT2D eigenvalue weighted by atomic mass is 10.00. The molecule has 1 saturated carbocycles. The van der Waals surface area contributed by atoms with Crippen LogP contribution in [0.15, 0.2) is 35.8 Å². The fourth-order valence-electron chi connectivity index (χ4n) is 3.00. The van der Waals surface area contributed by atoms with Gasteiger partial charge in [-0.2, -0.15) is 0 Å². The fourth-order valence-corrected chi connectivity index (χ4v) is 3.71. The molecule has 4 rings (SSSR count). The first-order chi connectivity index (χ1) is 14.4. The van der Waals surface area contributed by atoms with E-state index < -0.39 is 5.82 Å². The van der Waals surface area contributed by atoms with Crippen LogP contribution in [-0.2, 0) is 6.54 Å². The third-order valence-corrected chi connectivity index (χ3v) is 5.85. The number of thiazole rings is 1. The van der Waals surface area contributed by atoms with Gasteiger partial charge in [0.05, 0.1) is 17.8 Å². The Balaban J connectivity index is 1.50. The summed E-state index contributed by atoms with van der Waals surface area (Å²) in [5.41, 5.74) is 3.02. The molecule has 0 aliphatic heterocycles. The maximum Gasteiger partial charge on any atom is 0.253 e. The molecule has 2 N–H and O–H groups in total. The average Bonchev–Trinajstić information content (AvgIpc) is 3.46. The van der Waals surface area contributed by atoms with Crippen molar-refractivity contribution in [2.24, 2.45) is 0 Å². The predicted molar refractivity (Wildman–Crippen MR) is 113 cm³/mol. The lowest BCUT2D eigenvalue weighted by Gasteiger charge is -2.11. The minimum Gasteiger partial charge on any atom is -0.349 e. The van der Waals surface area contributed by atoms with Gasteiger partial charge in [0.15, 0.2) is 0 Å². The number of rotatable bonds is 6. The van der Waals surface area contributed by atoms with E-state index in [0.717, 1.165) is 23.5 Å². The van der Waals surface area contributed by atoms with E-state index in [1.165, 1.54) is 23.6 Å². The van der Waals surface area contributed by atoms with E-state index in [1.54, 1.807) is 25.1 Å². The summed E-state index contributed by atoms with van der Waals surface area (Å²) >= 11 is 1.49. The molecule has 154 valence electrons. The Kier molecular flexibility index (Phi) is 5.59. The molecule has 30 heavy (non-hydrogen) atoms. The van der Waals surface area contributed by atoms with E-state index in [-0.39, 0.29) is 23.4 Å². The Hall–Kier alpha value is -3.13. The highest BCUT2D eigenvalue weighted by molar-refractivity contribution is 7.09. The lowest BCUT2D eigenvalue weighted by Crippen LogP contribution is -2.25. The van der Waals surface area contributed by atoms with E-state index in [1.807, 2.05) is 12.3 Å². The summed E-state index contributed by atoms with van der Waals surface area (Å²) in [6, 6.07) is 6.38. The molecule has 0 spiro atoms. The number of pyridine rings is 1. The van der Waals surface area contributed by atoms with Crippen molar-refractivity contribution in [2.75, 3.05) is 0 Å². The molecule has 8 heteroatoms. The van der Waals surface area contributed by atoms with Crippen molar-refractivity contribution in [3.8, 4) is 11.3 Å². The van der Waals surface area contributed by atoms with Crippen LogP contribution >= 0.6 is 11.3 Å². The molecule has 0 saturated heterocycles. The first kappa shape index (κ1) is 20.2. The number of amides is 2. The van der Waals surface area contributed by atoms with Crippen molar-refractivity contribution in [3.63, 3.8) is 0 Å². The first-order valence-electron chi connectivity index (χ1n) is 9.67. The monoisotopic (exact) mass is 424 g/mol. The number of carbonyl (C=O) groups is 2. The second kappa shape index (κ2) is 8.31. The van der Waals surface area contributed by atoms with E-state index in [0.29, 0.717) is 28.9 Å². The Morgan fingerprint density at radius 1 is 1.17 bits per heavy atom. The second-order valence-electron chi connectivity index (χ2n) is 7.38. The van der Waals surface area contributed by atoms with Gasteiger partial charge in [-0.1, -0.05) is 0 Å². The zero-order valence-electron chi connectivity index (χ0n) is 16.7. The molecular weight excluding hydrogens is 403 g/mol. The Bertz CT molecular complexity index is 1110. The second-order valence-corrected chi connectivity index (χ2v) is 8.32. The minimum atomic E-state index is -0.462. The van der Waals surface area contributed by atoms with Crippen molar-refractivity contribution in [2.45, 2.75) is 39.3 Å². The first-order valence-corrected chi connectivity index (χ1v) is 10.6. The van der Waals surface area contributed by atoms with Crippen LogP contribution in [0.5, 0.6) is 0 Å². The van der Waals surface area contributed by atoms with Gasteiger partial charge in [-0.05, 0) is 56.5 Å². The van der Waals surface area contributed by atoms with Crippen molar-refractivity contribution in [1.82, 2.24) is 20.6 Å². The van der Waals surface area contributed by atoms with Gasteiger partial charge in [0, 0.05) is 34.4 Å². The molecule has 1 aromatic carbocycles. The molecule has 0 bridgehead atoms. The molecule has 2 aromatic heterocycles. The number of halogens is 1. The van der Waals surface area contributed by atoms with Crippen LogP contribution in [0.1, 0.15) is 49.8 Å². The number of aromatic nitrogens is 2. The molecule has 3 aromatic rings. The summed E-state index contributed by atoms with van der Waals surface area (Å²) in [6.45, 7) is 3.90. The molecule has 1 aliphatic carbocycles. The minimum absolute atomic E-state index is 0.189. The molecule has 0 radical (unpaired) electrons. The number of nitrogens with zero attached hydrogens (tertiary/aromatic N) is 2. The maximum absolute atomic E-state index is 14.4. The fraction of sp³-hybridized carbons (Fsp3) is 0.273. The van der Waals surface area contributed by atoms with Crippen LogP contribution < -0.4 is 10.6 Å². The number of carbonyl (C=O) groups excluding carboxylic acids is 2. The highest BCUT2D eigenvalue weighted by Gasteiger charge is 2.24. The van der Waals surface area contributed by atoms with E-state index in [2.05, 4.69) is 20.6 Å². The van der Waals surface area contributed by atoms with Gasteiger partial charge in [0.2, 0.25) is 0 Å². The number of hydrogen-bond acceptors (Lipinski definition) is 5. The number of nitrogens with one attached hydrogen (secondary N) is 2. The van der Waals surface area contributed by atoms with Crippen LogP contribution in [0.25, 0.3) is 11.3 Å². The van der Waals surface area contributed by atoms with Crippen LogP contribution in [0.4, 0.5) is 4.39 Å². The molecular formula is C22H21FN4O2S. The summed E-state index contributed by atoms with van der Waals surface area (Å²) in [6.07, 6.45) is 3.37. The molecule has 2 amide bonds. The summed E-state index contributed by atoms with van der Waals surface area (Å²) in [5, 5.41) is 8.44. The van der Waals surface area contributed by atoms with Gasteiger partial charge in [-0.3, -0.25) is 14.6 Å². The molecule has 2 heterocycles. The van der Waals surface area contributed by atoms with Gasteiger partial charge in [-0.25, -0.2) is 9.37 Å². The summed E-state index contributed by atoms with van der Waals surface area (Å²) in [5.74, 6) is -1.01. The maximum atomic E-state index is 14.4. The molecule has 1 aliphatic rings. The Morgan fingerprint density at radius 3 is 2.60 bits per heavy atom. The number of aryl methyl sites for hydroxylation is 1. The van der Waals surface area contributed by atoms with Crippen molar-refractivity contribution >= 4 is 23.2 Å². The van der Waals surface area contributed by atoms with E-state index in [9.17, 15) is 14.0 Å². The van der Waals surface area contributed by atoms with Crippen LogP contribution in [-0.4, -0.2) is 27.8 Å². The van der Waals surface area contributed by atoms with Crippen LogP contribution in [0.3, 0.4) is 0 Å². The quantitative estimate of drug-likeness (QED) is 0.631. The van der Waals surface area contributed by atoms with Crippen molar-refractivity contribution < 1.29 is 14.0 Å². The third-order valence-electron chi connectivity index (χ3n) is 4.89.